The number of carbonyl (C=O) groups is 1. The monoisotopic (exact) mass is 326 g/mol. The van der Waals surface area contributed by atoms with Crippen molar-refractivity contribution in [3.05, 3.63) is 34.3 Å². The van der Waals surface area contributed by atoms with Gasteiger partial charge in [-0.15, -0.1) is 0 Å². The average molecular weight is 327 g/mol. The molecule has 0 bridgehead atoms. The largest absolute Gasteiger partial charge is 0.466 e. The Morgan fingerprint density at radius 3 is 2.63 bits per heavy atom. The molecule has 0 aromatic heterocycles. The minimum Gasteiger partial charge on any atom is -0.466 e. The summed E-state index contributed by atoms with van der Waals surface area (Å²) in [5, 5.41) is 0. The molecule has 2 nitrogen and oxygen atoms in total. The van der Waals surface area contributed by atoms with Crippen molar-refractivity contribution in [3.8, 4) is 0 Å². The summed E-state index contributed by atoms with van der Waals surface area (Å²) in [5.41, 5.74) is 1.21. The minimum absolute atomic E-state index is 0.0809. The highest BCUT2D eigenvalue weighted by Crippen LogP contribution is 2.31. The van der Waals surface area contributed by atoms with Crippen LogP contribution < -0.4 is 0 Å². The number of ether oxygens (including phenoxy) is 1. The maximum atomic E-state index is 11.9. The van der Waals surface area contributed by atoms with Gasteiger partial charge in [0.1, 0.15) is 0 Å². The number of rotatable bonds is 8. The third kappa shape index (κ3) is 5.77. The molecule has 0 amide bonds. The summed E-state index contributed by atoms with van der Waals surface area (Å²) in [6.45, 7) is 4.78. The fraction of sp³-hybridized carbons (Fsp3) is 0.562. The van der Waals surface area contributed by atoms with Gasteiger partial charge in [-0.05, 0) is 30.4 Å². The van der Waals surface area contributed by atoms with E-state index in [0.717, 1.165) is 30.2 Å². The van der Waals surface area contributed by atoms with Crippen molar-refractivity contribution in [2.45, 2.75) is 51.9 Å². The van der Waals surface area contributed by atoms with Crippen molar-refractivity contribution < 1.29 is 9.53 Å². The zero-order valence-electron chi connectivity index (χ0n) is 11.8. The van der Waals surface area contributed by atoms with Crippen LogP contribution in [0.25, 0.3) is 0 Å². The van der Waals surface area contributed by atoms with Gasteiger partial charge < -0.3 is 4.74 Å². The van der Waals surface area contributed by atoms with Gasteiger partial charge in [-0.25, -0.2) is 0 Å². The highest BCUT2D eigenvalue weighted by Gasteiger charge is 2.18. The van der Waals surface area contributed by atoms with Gasteiger partial charge in [0.15, 0.2) is 0 Å². The predicted octanol–water partition coefficient (Wildman–Crippen LogP) is 5.07. The molecule has 19 heavy (non-hydrogen) atoms. The van der Waals surface area contributed by atoms with E-state index in [9.17, 15) is 4.79 Å². The SMILES string of the molecule is CCCCOC(=O)CC(CCC)c1ccccc1Br. The van der Waals surface area contributed by atoms with Crippen LogP contribution in [0.2, 0.25) is 0 Å². The zero-order valence-corrected chi connectivity index (χ0v) is 13.4. The molecule has 0 radical (unpaired) electrons. The molecule has 0 N–H and O–H groups in total. The van der Waals surface area contributed by atoms with Gasteiger partial charge in [-0.2, -0.15) is 0 Å². The second kappa shape index (κ2) is 9.13. The number of halogens is 1. The fourth-order valence-electron chi connectivity index (χ4n) is 2.11. The van der Waals surface area contributed by atoms with E-state index in [4.69, 9.17) is 4.74 Å². The van der Waals surface area contributed by atoms with Crippen LogP contribution in [0.15, 0.2) is 28.7 Å². The summed E-state index contributed by atoms with van der Waals surface area (Å²) in [5.74, 6) is 0.164. The van der Waals surface area contributed by atoms with Crippen LogP contribution in [0.4, 0.5) is 0 Å². The van der Waals surface area contributed by atoms with E-state index in [0.29, 0.717) is 13.0 Å². The molecule has 1 atom stereocenters. The van der Waals surface area contributed by atoms with Crippen LogP contribution >= 0.6 is 15.9 Å². The highest BCUT2D eigenvalue weighted by atomic mass is 79.9. The van der Waals surface area contributed by atoms with Crippen molar-refractivity contribution in [2.24, 2.45) is 0 Å². The van der Waals surface area contributed by atoms with E-state index in [1.807, 2.05) is 18.2 Å². The van der Waals surface area contributed by atoms with Crippen molar-refractivity contribution in [1.29, 1.82) is 0 Å². The van der Waals surface area contributed by atoms with E-state index in [2.05, 4.69) is 35.8 Å². The number of carbonyl (C=O) groups excluding carboxylic acids is 1. The summed E-state index contributed by atoms with van der Waals surface area (Å²) < 4.78 is 6.34. The molecule has 1 rings (SSSR count). The first-order chi connectivity index (χ1) is 9.19. The molecule has 0 aliphatic carbocycles. The van der Waals surface area contributed by atoms with Gasteiger partial charge in [-0.3, -0.25) is 4.79 Å². The first kappa shape index (κ1) is 16.2. The molecular weight excluding hydrogens is 304 g/mol. The summed E-state index contributed by atoms with van der Waals surface area (Å²) in [4.78, 5) is 11.9. The Morgan fingerprint density at radius 1 is 1.26 bits per heavy atom. The van der Waals surface area contributed by atoms with Crippen LogP contribution in [0.5, 0.6) is 0 Å². The Kier molecular flexibility index (Phi) is 7.80. The molecule has 0 aliphatic heterocycles. The Labute approximate surface area is 124 Å². The summed E-state index contributed by atoms with van der Waals surface area (Å²) >= 11 is 3.57. The number of benzene rings is 1. The van der Waals surface area contributed by atoms with Gasteiger partial charge in [-0.1, -0.05) is 60.8 Å². The Hall–Kier alpha value is -0.830. The van der Waals surface area contributed by atoms with Gasteiger partial charge in [0.05, 0.1) is 13.0 Å². The Balaban J connectivity index is 2.63. The predicted molar refractivity (Wildman–Crippen MR) is 82.3 cm³/mol. The second-order valence-corrected chi connectivity index (χ2v) is 5.64. The lowest BCUT2D eigenvalue weighted by atomic mass is 9.91. The first-order valence-electron chi connectivity index (χ1n) is 7.09. The van der Waals surface area contributed by atoms with Crippen molar-refractivity contribution >= 4 is 21.9 Å². The molecule has 3 heteroatoms. The number of hydrogen-bond donors (Lipinski definition) is 0. The van der Waals surface area contributed by atoms with Crippen LogP contribution in [-0.2, 0) is 9.53 Å². The number of esters is 1. The Morgan fingerprint density at radius 2 is 2.00 bits per heavy atom. The molecule has 0 saturated heterocycles. The zero-order chi connectivity index (χ0) is 14.1. The van der Waals surface area contributed by atoms with Crippen LogP contribution in [0, 0.1) is 0 Å². The molecule has 1 aromatic carbocycles. The third-order valence-corrected chi connectivity index (χ3v) is 3.88. The summed E-state index contributed by atoms with van der Waals surface area (Å²) in [7, 11) is 0. The highest BCUT2D eigenvalue weighted by molar-refractivity contribution is 9.10. The molecule has 0 saturated carbocycles. The number of hydrogen-bond acceptors (Lipinski definition) is 2. The summed E-state index contributed by atoms with van der Waals surface area (Å²) in [6.07, 6.45) is 4.54. The topological polar surface area (TPSA) is 26.3 Å². The molecule has 1 aromatic rings. The summed E-state index contributed by atoms with van der Waals surface area (Å²) in [6, 6.07) is 8.13. The van der Waals surface area contributed by atoms with Crippen LogP contribution in [0.1, 0.15) is 57.4 Å². The molecule has 0 fully saturated rings. The standard InChI is InChI=1S/C16H23BrO2/c1-3-5-11-19-16(18)12-13(8-4-2)14-9-6-7-10-15(14)17/h6-7,9-10,13H,3-5,8,11-12H2,1-2H3. The normalized spacial score (nSPS) is 12.2. The van der Waals surface area contributed by atoms with Gasteiger partial charge in [0, 0.05) is 4.47 Å². The Bertz CT molecular complexity index is 390. The van der Waals surface area contributed by atoms with E-state index >= 15 is 0 Å². The molecule has 106 valence electrons. The van der Waals surface area contributed by atoms with Crippen molar-refractivity contribution in [3.63, 3.8) is 0 Å². The quantitative estimate of drug-likeness (QED) is 0.492. The second-order valence-electron chi connectivity index (χ2n) is 4.79. The van der Waals surface area contributed by atoms with Crippen LogP contribution in [-0.4, -0.2) is 12.6 Å². The molecular formula is C16H23BrO2. The van der Waals surface area contributed by atoms with Crippen LogP contribution in [0.3, 0.4) is 0 Å². The number of unbranched alkanes of at least 4 members (excludes halogenated alkanes) is 1. The molecule has 0 spiro atoms. The lowest BCUT2D eigenvalue weighted by molar-refractivity contribution is -0.144. The average Bonchev–Trinajstić information content (AvgIpc) is 2.39. The first-order valence-corrected chi connectivity index (χ1v) is 7.88. The minimum atomic E-state index is -0.0809. The third-order valence-electron chi connectivity index (χ3n) is 3.16. The maximum Gasteiger partial charge on any atom is 0.306 e. The van der Waals surface area contributed by atoms with E-state index in [-0.39, 0.29) is 11.9 Å². The fourth-order valence-corrected chi connectivity index (χ4v) is 2.72. The maximum absolute atomic E-state index is 11.9. The lowest BCUT2D eigenvalue weighted by Crippen LogP contribution is -2.12. The van der Waals surface area contributed by atoms with E-state index in [1.165, 1.54) is 5.56 Å². The van der Waals surface area contributed by atoms with Gasteiger partial charge in [0.2, 0.25) is 0 Å². The molecule has 1 unspecified atom stereocenters. The molecule has 0 heterocycles. The van der Waals surface area contributed by atoms with E-state index < -0.39 is 0 Å². The van der Waals surface area contributed by atoms with E-state index in [1.54, 1.807) is 0 Å². The van der Waals surface area contributed by atoms with Gasteiger partial charge >= 0.3 is 5.97 Å². The lowest BCUT2D eigenvalue weighted by Gasteiger charge is -2.17. The van der Waals surface area contributed by atoms with Crippen molar-refractivity contribution in [2.75, 3.05) is 6.61 Å². The molecule has 0 aliphatic rings. The van der Waals surface area contributed by atoms with Gasteiger partial charge in [0.25, 0.3) is 0 Å². The smallest absolute Gasteiger partial charge is 0.306 e. The van der Waals surface area contributed by atoms with Crippen molar-refractivity contribution in [1.82, 2.24) is 0 Å².